The summed E-state index contributed by atoms with van der Waals surface area (Å²) >= 11 is 0. The molecule has 0 aliphatic carbocycles. The zero-order valence-corrected chi connectivity index (χ0v) is 14.6. The number of rotatable bonds is 2. The number of hydrogen-bond donors (Lipinski definition) is 0. The molecule has 3 heterocycles. The van der Waals surface area contributed by atoms with E-state index in [-0.39, 0.29) is 12.0 Å². The van der Waals surface area contributed by atoms with Crippen molar-refractivity contribution in [1.29, 1.82) is 0 Å². The second-order valence-corrected chi connectivity index (χ2v) is 7.12. The van der Waals surface area contributed by atoms with Crippen LogP contribution in [0.1, 0.15) is 45.4 Å². The summed E-state index contributed by atoms with van der Waals surface area (Å²) in [7, 11) is 0. The van der Waals surface area contributed by atoms with Gasteiger partial charge in [-0.15, -0.1) is 0 Å². The first kappa shape index (κ1) is 17.3. The van der Waals surface area contributed by atoms with Crippen LogP contribution in [0.2, 0.25) is 0 Å². The molecule has 8 heteroatoms. The van der Waals surface area contributed by atoms with Crippen molar-refractivity contribution in [2.75, 3.05) is 13.1 Å². The van der Waals surface area contributed by atoms with E-state index >= 15 is 0 Å². The van der Waals surface area contributed by atoms with E-state index in [1.807, 2.05) is 20.8 Å². The fourth-order valence-corrected chi connectivity index (χ4v) is 2.76. The van der Waals surface area contributed by atoms with Crippen LogP contribution in [0, 0.1) is 5.82 Å². The van der Waals surface area contributed by atoms with E-state index in [0.717, 1.165) is 19.0 Å². The van der Waals surface area contributed by atoms with Crippen molar-refractivity contribution < 1.29 is 13.9 Å². The van der Waals surface area contributed by atoms with Gasteiger partial charge in [-0.25, -0.2) is 23.8 Å². The number of carbonyl (C=O) groups is 1. The van der Waals surface area contributed by atoms with Crippen LogP contribution < -0.4 is 0 Å². The lowest BCUT2D eigenvalue weighted by Crippen LogP contribution is -2.41. The van der Waals surface area contributed by atoms with E-state index in [4.69, 9.17) is 4.74 Å². The number of likely N-dealkylation sites (tertiary alicyclic amines) is 1. The first-order valence-corrected chi connectivity index (χ1v) is 8.33. The number of amides is 1. The highest BCUT2D eigenvalue weighted by molar-refractivity contribution is 5.68. The van der Waals surface area contributed by atoms with Gasteiger partial charge < -0.3 is 9.64 Å². The summed E-state index contributed by atoms with van der Waals surface area (Å²) in [4.78, 5) is 22.7. The molecule has 0 aromatic carbocycles. The number of hydrogen-bond acceptors (Lipinski definition) is 5. The van der Waals surface area contributed by atoms with Gasteiger partial charge in [0.25, 0.3) is 0 Å². The first-order chi connectivity index (χ1) is 11.8. The molecule has 0 radical (unpaired) electrons. The summed E-state index contributed by atoms with van der Waals surface area (Å²) < 4.78 is 19.9. The quantitative estimate of drug-likeness (QED) is 0.835. The molecule has 134 valence electrons. The highest BCUT2D eigenvalue weighted by atomic mass is 19.1. The average molecular weight is 347 g/mol. The van der Waals surface area contributed by atoms with E-state index in [9.17, 15) is 9.18 Å². The molecule has 1 aliphatic rings. The Balaban J connectivity index is 1.64. The van der Waals surface area contributed by atoms with Gasteiger partial charge in [-0.3, -0.25) is 0 Å². The molecule has 25 heavy (non-hydrogen) atoms. The van der Waals surface area contributed by atoms with Crippen LogP contribution in [0.3, 0.4) is 0 Å². The van der Waals surface area contributed by atoms with Crippen LogP contribution in [0.5, 0.6) is 0 Å². The monoisotopic (exact) mass is 347 g/mol. The molecule has 3 rings (SSSR count). The molecule has 1 aliphatic heterocycles. The zero-order chi connectivity index (χ0) is 18.0. The smallest absolute Gasteiger partial charge is 0.410 e. The third kappa shape index (κ3) is 4.32. The second kappa shape index (κ2) is 6.78. The molecule has 0 N–H and O–H groups in total. The number of halogens is 1. The number of nitrogens with zero attached hydrogens (tertiary/aromatic N) is 5. The Morgan fingerprint density at radius 3 is 2.64 bits per heavy atom. The van der Waals surface area contributed by atoms with Gasteiger partial charge >= 0.3 is 6.09 Å². The summed E-state index contributed by atoms with van der Waals surface area (Å²) in [5.41, 5.74) is -0.496. The van der Waals surface area contributed by atoms with E-state index in [1.165, 1.54) is 10.9 Å². The van der Waals surface area contributed by atoms with Crippen LogP contribution in [-0.2, 0) is 4.74 Å². The van der Waals surface area contributed by atoms with Crippen molar-refractivity contribution in [1.82, 2.24) is 24.6 Å². The van der Waals surface area contributed by atoms with E-state index in [0.29, 0.717) is 24.7 Å². The van der Waals surface area contributed by atoms with Gasteiger partial charge in [0.05, 0.1) is 12.4 Å². The summed E-state index contributed by atoms with van der Waals surface area (Å²) in [5.74, 6) is 0.964. The fourth-order valence-electron chi connectivity index (χ4n) is 2.76. The lowest BCUT2D eigenvalue weighted by Gasteiger charge is -2.32. The summed E-state index contributed by atoms with van der Waals surface area (Å²) in [5, 5.41) is 3.92. The maximum atomic E-state index is 13.1. The Labute approximate surface area is 145 Å². The van der Waals surface area contributed by atoms with Crippen molar-refractivity contribution in [3.8, 4) is 5.82 Å². The van der Waals surface area contributed by atoms with Crippen LogP contribution in [-0.4, -0.2) is 49.4 Å². The van der Waals surface area contributed by atoms with Gasteiger partial charge in [-0.2, -0.15) is 5.10 Å². The largest absolute Gasteiger partial charge is 0.444 e. The highest BCUT2D eigenvalue weighted by Gasteiger charge is 2.28. The van der Waals surface area contributed by atoms with Gasteiger partial charge in [-0.05, 0) is 33.6 Å². The Morgan fingerprint density at radius 2 is 2.04 bits per heavy atom. The Hall–Kier alpha value is -2.51. The van der Waals surface area contributed by atoms with Gasteiger partial charge in [0.1, 0.15) is 11.4 Å². The minimum absolute atomic E-state index is 0.152. The van der Waals surface area contributed by atoms with Crippen molar-refractivity contribution in [2.45, 2.75) is 45.1 Å². The SMILES string of the molecule is CC(C)(C)OC(=O)N1CCC(c2nccc(-n3cc(F)cn3)n2)CC1. The lowest BCUT2D eigenvalue weighted by molar-refractivity contribution is 0.0203. The van der Waals surface area contributed by atoms with Crippen molar-refractivity contribution in [2.24, 2.45) is 0 Å². The molecule has 0 unspecified atom stereocenters. The fraction of sp³-hybridized carbons (Fsp3) is 0.529. The molecular formula is C17H22FN5O2. The number of ether oxygens (including phenoxy) is 1. The molecular weight excluding hydrogens is 325 g/mol. The molecule has 2 aromatic rings. The Kier molecular flexibility index (Phi) is 4.69. The Morgan fingerprint density at radius 1 is 1.32 bits per heavy atom. The van der Waals surface area contributed by atoms with Crippen molar-refractivity contribution in [3.63, 3.8) is 0 Å². The summed E-state index contributed by atoms with van der Waals surface area (Å²) in [6, 6.07) is 1.69. The zero-order valence-electron chi connectivity index (χ0n) is 14.6. The van der Waals surface area contributed by atoms with Crippen LogP contribution in [0.4, 0.5) is 9.18 Å². The molecule has 0 saturated carbocycles. The second-order valence-electron chi connectivity index (χ2n) is 7.12. The maximum Gasteiger partial charge on any atom is 0.410 e. The third-order valence-corrected chi connectivity index (χ3v) is 3.96. The molecule has 1 fully saturated rings. The predicted molar refractivity (Wildman–Crippen MR) is 88.9 cm³/mol. The number of piperidine rings is 1. The summed E-state index contributed by atoms with van der Waals surface area (Å²) in [6.45, 7) is 6.77. The lowest BCUT2D eigenvalue weighted by atomic mass is 9.96. The van der Waals surface area contributed by atoms with Crippen LogP contribution in [0.25, 0.3) is 5.82 Å². The predicted octanol–water partition coefficient (Wildman–Crippen LogP) is 2.92. The molecule has 7 nitrogen and oxygen atoms in total. The van der Waals surface area contributed by atoms with Crippen LogP contribution in [0.15, 0.2) is 24.7 Å². The third-order valence-electron chi connectivity index (χ3n) is 3.96. The van der Waals surface area contributed by atoms with Gasteiger partial charge in [0, 0.05) is 31.3 Å². The minimum Gasteiger partial charge on any atom is -0.444 e. The topological polar surface area (TPSA) is 73.1 Å². The molecule has 0 atom stereocenters. The minimum atomic E-state index is -0.496. The Bertz CT molecular complexity index is 747. The summed E-state index contributed by atoms with van der Waals surface area (Å²) in [6.07, 6.45) is 5.30. The number of carbonyl (C=O) groups excluding carboxylic acids is 1. The average Bonchev–Trinajstić information content (AvgIpc) is 3.00. The molecule has 1 saturated heterocycles. The van der Waals surface area contributed by atoms with E-state index in [1.54, 1.807) is 17.2 Å². The van der Waals surface area contributed by atoms with E-state index in [2.05, 4.69) is 15.1 Å². The van der Waals surface area contributed by atoms with Crippen LogP contribution >= 0.6 is 0 Å². The standard InChI is InChI=1S/C17H22FN5O2/c1-17(2,3)25-16(24)22-8-5-12(6-9-22)15-19-7-4-14(21-15)23-11-13(18)10-20-23/h4,7,10-12H,5-6,8-9H2,1-3H3. The first-order valence-electron chi connectivity index (χ1n) is 8.33. The molecule has 0 bridgehead atoms. The van der Waals surface area contributed by atoms with Crippen molar-refractivity contribution >= 4 is 6.09 Å². The molecule has 2 aromatic heterocycles. The normalized spacial score (nSPS) is 16.1. The highest BCUT2D eigenvalue weighted by Crippen LogP contribution is 2.26. The van der Waals surface area contributed by atoms with Gasteiger partial charge in [0.15, 0.2) is 11.6 Å². The molecule has 0 spiro atoms. The van der Waals surface area contributed by atoms with E-state index < -0.39 is 11.4 Å². The maximum absolute atomic E-state index is 13.1. The van der Waals surface area contributed by atoms with Gasteiger partial charge in [0.2, 0.25) is 0 Å². The van der Waals surface area contributed by atoms with Crippen molar-refractivity contribution in [3.05, 3.63) is 36.3 Å². The van der Waals surface area contributed by atoms with Gasteiger partial charge in [-0.1, -0.05) is 0 Å². The number of aromatic nitrogens is 4. The molecule has 1 amide bonds.